The number of alkyl carbamates (subject to hydrolysis) is 1. The Labute approximate surface area is 232 Å². The third-order valence-corrected chi connectivity index (χ3v) is 6.86. The van der Waals surface area contributed by atoms with Gasteiger partial charge in [-0.1, -0.05) is 37.3 Å². The van der Waals surface area contributed by atoms with Crippen LogP contribution in [0.15, 0.2) is 41.7 Å². The number of hydrogen-bond donors (Lipinski definition) is 5. The average Bonchev–Trinajstić information content (AvgIpc) is 2.99. The SMILES string of the molecule is CCc1c(NCC(NC(=O)OCc2ccccc2)C(=O)O)ncnc1N1CCC(C(=O)N=C2NCCCN2)CC1. The molecule has 0 spiro atoms. The van der Waals surface area contributed by atoms with Gasteiger partial charge in [0.25, 0.3) is 5.91 Å². The van der Waals surface area contributed by atoms with Crippen molar-refractivity contribution in [2.24, 2.45) is 10.9 Å². The summed E-state index contributed by atoms with van der Waals surface area (Å²) in [6.07, 6.45) is 3.51. The average molecular weight is 553 g/mol. The number of anilines is 2. The molecule has 4 rings (SSSR count). The number of hydrogen-bond acceptors (Lipinski definition) is 8. The van der Waals surface area contributed by atoms with Gasteiger partial charge >= 0.3 is 12.1 Å². The minimum atomic E-state index is -1.23. The second-order valence-electron chi connectivity index (χ2n) is 9.62. The molecule has 2 saturated heterocycles. The predicted octanol–water partition coefficient (Wildman–Crippen LogP) is 1.51. The van der Waals surface area contributed by atoms with Crippen molar-refractivity contribution in [3.63, 3.8) is 0 Å². The Morgan fingerprint density at radius 1 is 1.15 bits per heavy atom. The zero-order valence-corrected chi connectivity index (χ0v) is 22.6. The topological polar surface area (TPSA) is 170 Å². The molecule has 2 aliphatic rings. The number of nitrogens with one attached hydrogen (secondary N) is 4. The standard InChI is InChI=1S/C27H36N8O5/c1-2-20-22(30-15-21(25(37)38)33-27(39)40-16-18-7-4-3-5-8-18)31-17-32-23(20)35-13-9-19(10-14-35)24(36)34-26-28-11-6-12-29-26/h3-5,7-8,17,19,21H,2,6,9-16H2,1H3,(H,33,39)(H,37,38)(H,30,31,32)(H2,28,29,34,36). The van der Waals surface area contributed by atoms with E-state index in [1.807, 2.05) is 37.3 Å². The number of ether oxygens (including phenoxy) is 1. The van der Waals surface area contributed by atoms with E-state index in [0.29, 0.717) is 44.1 Å². The van der Waals surface area contributed by atoms with Crippen molar-refractivity contribution in [1.82, 2.24) is 25.9 Å². The molecule has 3 heterocycles. The summed E-state index contributed by atoms with van der Waals surface area (Å²) in [6, 6.07) is 7.89. The van der Waals surface area contributed by atoms with E-state index in [4.69, 9.17) is 4.74 Å². The Hall–Kier alpha value is -4.42. The van der Waals surface area contributed by atoms with Crippen molar-refractivity contribution < 1.29 is 24.2 Å². The lowest BCUT2D eigenvalue weighted by Gasteiger charge is -2.33. The van der Waals surface area contributed by atoms with Gasteiger partial charge < -0.3 is 36.0 Å². The van der Waals surface area contributed by atoms with Crippen molar-refractivity contribution in [1.29, 1.82) is 0 Å². The minimum Gasteiger partial charge on any atom is -0.480 e. The first-order chi connectivity index (χ1) is 19.4. The number of piperidine rings is 1. The maximum absolute atomic E-state index is 12.7. The Bertz CT molecular complexity index is 1190. The summed E-state index contributed by atoms with van der Waals surface area (Å²) < 4.78 is 5.16. The van der Waals surface area contributed by atoms with Crippen LogP contribution in [-0.2, 0) is 27.4 Å². The van der Waals surface area contributed by atoms with E-state index in [9.17, 15) is 19.5 Å². The van der Waals surface area contributed by atoms with Crippen molar-refractivity contribution in [3.8, 4) is 0 Å². The smallest absolute Gasteiger partial charge is 0.408 e. The zero-order valence-electron chi connectivity index (χ0n) is 22.6. The Balaban J connectivity index is 1.33. The van der Waals surface area contributed by atoms with Crippen LogP contribution >= 0.6 is 0 Å². The van der Waals surface area contributed by atoms with Crippen molar-refractivity contribution in [2.45, 2.75) is 45.3 Å². The monoisotopic (exact) mass is 552 g/mol. The number of guanidine groups is 1. The quantitative estimate of drug-likeness (QED) is 0.289. The molecule has 0 bridgehead atoms. The first kappa shape index (κ1) is 28.6. The Morgan fingerprint density at radius 3 is 2.55 bits per heavy atom. The number of carbonyl (C=O) groups excluding carboxylic acids is 2. The second kappa shape index (κ2) is 14.1. The van der Waals surface area contributed by atoms with E-state index in [0.717, 1.165) is 36.5 Å². The van der Waals surface area contributed by atoms with E-state index in [-0.39, 0.29) is 25.0 Å². The van der Waals surface area contributed by atoms with Crippen LogP contribution in [0, 0.1) is 5.92 Å². The lowest BCUT2D eigenvalue weighted by Crippen LogP contribution is -2.45. The van der Waals surface area contributed by atoms with Gasteiger partial charge in [-0.05, 0) is 31.2 Å². The van der Waals surface area contributed by atoms with Crippen LogP contribution in [0.1, 0.15) is 37.3 Å². The molecule has 1 atom stereocenters. The fraction of sp³-hybridized carbons (Fsp3) is 0.481. The molecule has 214 valence electrons. The minimum absolute atomic E-state index is 0.0330. The molecule has 2 fully saturated rings. The first-order valence-corrected chi connectivity index (χ1v) is 13.6. The molecular weight excluding hydrogens is 516 g/mol. The Morgan fingerprint density at radius 2 is 1.88 bits per heavy atom. The number of amides is 2. The molecule has 5 N–H and O–H groups in total. The molecule has 0 radical (unpaired) electrons. The molecule has 2 amide bonds. The van der Waals surface area contributed by atoms with Crippen molar-refractivity contribution >= 4 is 35.6 Å². The highest BCUT2D eigenvalue weighted by atomic mass is 16.5. The van der Waals surface area contributed by atoms with Gasteiger partial charge in [-0.2, -0.15) is 4.99 Å². The van der Waals surface area contributed by atoms with Crippen LogP contribution in [-0.4, -0.2) is 77.8 Å². The molecular formula is C27H36N8O5. The zero-order chi connectivity index (χ0) is 28.3. The number of aliphatic imine (C=N–C) groups is 1. The number of carbonyl (C=O) groups is 3. The highest BCUT2D eigenvalue weighted by Crippen LogP contribution is 2.28. The van der Waals surface area contributed by atoms with E-state index >= 15 is 0 Å². The van der Waals surface area contributed by atoms with Crippen LogP contribution in [0.3, 0.4) is 0 Å². The lowest BCUT2D eigenvalue weighted by atomic mass is 9.96. The number of benzene rings is 1. The van der Waals surface area contributed by atoms with Crippen molar-refractivity contribution in [3.05, 3.63) is 47.8 Å². The highest BCUT2D eigenvalue weighted by Gasteiger charge is 2.28. The number of aromatic nitrogens is 2. The number of rotatable bonds is 10. The van der Waals surface area contributed by atoms with E-state index in [1.54, 1.807) is 0 Å². The third-order valence-electron chi connectivity index (χ3n) is 6.86. The van der Waals surface area contributed by atoms with Gasteiger partial charge in [-0.15, -0.1) is 0 Å². The van der Waals surface area contributed by atoms with Gasteiger partial charge in [-0.3, -0.25) is 4.79 Å². The molecule has 40 heavy (non-hydrogen) atoms. The fourth-order valence-electron chi connectivity index (χ4n) is 4.64. The summed E-state index contributed by atoms with van der Waals surface area (Å²) in [5.41, 5.74) is 1.63. The predicted molar refractivity (Wildman–Crippen MR) is 149 cm³/mol. The summed E-state index contributed by atoms with van der Waals surface area (Å²) in [5, 5.41) is 21.3. The van der Waals surface area contributed by atoms with E-state index in [2.05, 4.69) is 41.1 Å². The highest BCUT2D eigenvalue weighted by molar-refractivity contribution is 5.94. The van der Waals surface area contributed by atoms with E-state index < -0.39 is 18.1 Å². The largest absolute Gasteiger partial charge is 0.480 e. The maximum Gasteiger partial charge on any atom is 0.408 e. The summed E-state index contributed by atoms with van der Waals surface area (Å²) in [6.45, 7) is 4.80. The summed E-state index contributed by atoms with van der Waals surface area (Å²) >= 11 is 0. The maximum atomic E-state index is 12.7. The molecule has 13 heteroatoms. The third kappa shape index (κ3) is 7.80. The molecule has 1 unspecified atom stereocenters. The van der Waals surface area contributed by atoms with E-state index in [1.165, 1.54) is 6.33 Å². The number of carboxylic acid groups (broad SMARTS) is 1. The molecule has 1 aromatic carbocycles. The summed E-state index contributed by atoms with van der Waals surface area (Å²) in [5.74, 6) is 0.323. The fourth-order valence-corrected chi connectivity index (χ4v) is 4.64. The molecule has 0 saturated carbocycles. The summed E-state index contributed by atoms with van der Waals surface area (Å²) in [4.78, 5) is 51.9. The number of aliphatic carboxylic acids is 1. The lowest BCUT2D eigenvalue weighted by molar-refractivity contribution is -0.139. The van der Waals surface area contributed by atoms with Gasteiger partial charge in [0.2, 0.25) is 0 Å². The molecule has 13 nitrogen and oxygen atoms in total. The van der Waals surface area contributed by atoms with Crippen LogP contribution < -0.4 is 26.2 Å². The van der Waals surface area contributed by atoms with Gasteiger partial charge in [0.05, 0.1) is 0 Å². The van der Waals surface area contributed by atoms with Crippen LogP contribution in [0.5, 0.6) is 0 Å². The number of carboxylic acids is 1. The summed E-state index contributed by atoms with van der Waals surface area (Å²) in [7, 11) is 0. The van der Waals surface area contributed by atoms with Gasteiger partial charge in [0.15, 0.2) is 5.96 Å². The van der Waals surface area contributed by atoms with Crippen molar-refractivity contribution in [2.75, 3.05) is 42.9 Å². The molecule has 2 aliphatic heterocycles. The molecule has 0 aliphatic carbocycles. The molecule has 2 aromatic rings. The Kier molecular flexibility index (Phi) is 10.1. The number of nitrogens with zero attached hydrogens (tertiary/aromatic N) is 4. The van der Waals surface area contributed by atoms with Gasteiger partial charge in [-0.25, -0.2) is 19.6 Å². The van der Waals surface area contributed by atoms with Gasteiger partial charge in [0, 0.05) is 44.2 Å². The second-order valence-corrected chi connectivity index (χ2v) is 9.62. The normalized spacial score (nSPS) is 16.2. The van der Waals surface area contributed by atoms with Crippen LogP contribution in [0.25, 0.3) is 0 Å². The van der Waals surface area contributed by atoms with Crippen LogP contribution in [0.4, 0.5) is 16.4 Å². The molecule has 1 aromatic heterocycles. The first-order valence-electron chi connectivity index (χ1n) is 13.6. The van der Waals surface area contributed by atoms with Crippen LogP contribution in [0.2, 0.25) is 0 Å². The van der Waals surface area contributed by atoms with Gasteiger partial charge in [0.1, 0.15) is 30.6 Å².